The van der Waals surface area contributed by atoms with Gasteiger partial charge in [-0.2, -0.15) is 0 Å². The van der Waals surface area contributed by atoms with Crippen LogP contribution in [0.2, 0.25) is 0 Å². The summed E-state index contributed by atoms with van der Waals surface area (Å²) in [6, 6.07) is 15.4. The molecule has 1 aliphatic rings. The van der Waals surface area contributed by atoms with E-state index in [1.165, 1.54) is 19.3 Å². The lowest BCUT2D eigenvalue weighted by Gasteiger charge is -2.35. The molecule has 0 bridgehead atoms. The average Bonchev–Trinajstić information content (AvgIpc) is 2.79. The standard InChI is InChI=1S/C24H31N3O3/c1-18-6-8-20(9-7-18)24(29)26-17-23(28)25-16-22(27-14-4-3-5-15-27)19-10-12-21(30-2)13-11-19/h6-13,22H,3-5,14-17H2,1-2H3,(H,25,28)(H,26,29). The van der Waals surface area contributed by atoms with Crippen molar-refractivity contribution in [3.8, 4) is 5.75 Å². The monoisotopic (exact) mass is 409 g/mol. The first-order valence-corrected chi connectivity index (χ1v) is 10.6. The van der Waals surface area contributed by atoms with Crippen LogP contribution in [0, 0.1) is 6.92 Å². The van der Waals surface area contributed by atoms with Crippen LogP contribution in [0.25, 0.3) is 0 Å². The van der Waals surface area contributed by atoms with Crippen molar-refractivity contribution in [3.05, 3.63) is 65.2 Å². The third kappa shape index (κ3) is 6.07. The topological polar surface area (TPSA) is 70.7 Å². The summed E-state index contributed by atoms with van der Waals surface area (Å²) in [6.07, 6.45) is 3.60. The summed E-state index contributed by atoms with van der Waals surface area (Å²) < 4.78 is 5.27. The molecular formula is C24H31N3O3. The molecular weight excluding hydrogens is 378 g/mol. The predicted octanol–water partition coefficient (Wildman–Crippen LogP) is 3.08. The van der Waals surface area contributed by atoms with E-state index < -0.39 is 0 Å². The Bertz CT molecular complexity index is 828. The summed E-state index contributed by atoms with van der Waals surface area (Å²) >= 11 is 0. The van der Waals surface area contributed by atoms with Crippen LogP contribution < -0.4 is 15.4 Å². The largest absolute Gasteiger partial charge is 0.497 e. The van der Waals surface area contributed by atoms with E-state index in [-0.39, 0.29) is 24.4 Å². The summed E-state index contributed by atoms with van der Waals surface area (Å²) in [7, 11) is 1.66. The molecule has 1 heterocycles. The number of ether oxygens (including phenoxy) is 1. The van der Waals surface area contributed by atoms with Gasteiger partial charge in [-0.1, -0.05) is 36.2 Å². The normalized spacial score (nSPS) is 15.3. The molecule has 3 rings (SSSR count). The highest BCUT2D eigenvalue weighted by Gasteiger charge is 2.23. The van der Waals surface area contributed by atoms with Crippen molar-refractivity contribution < 1.29 is 14.3 Å². The molecule has 6 heteroatoms. The van der Waals surface area contributed by atoms with Crippen molar-refractivity contribution in [2.75, 3.05) is 33.3 Å². The van der Waals surface area contributed by atoms with Crippen molar-refractivity contribution in [2.45, 2.75) is 32.2 Å². The number of carbonyl (C=O) groups is 2. The number of rotatable bonds is 8. The van der Waals surface area contributed by atoms with Crippen LogP contribution in [0.3, 0.4) is 0 Å². The van der Waals surface area contributed by atoms with Gasteiger partial charge in [0.05, 0.1) is 19.7 Å². The Morgan fingerprint density at radius 3 is 2.27 bits per heavy atom. The van der Waals surface area contributed by atoms with E-state index in [1.807, 2.05) is 31.2 Å². The van der Waals surface area contributed by atoms with Gasteiger partial charge < -0.3 is 15.4 Å². The van der Waals surface area contributed by atoms with Crippen molar-refractivity contribution in [3.63, 3.8) is 0 Å². The van der Waals surface area contributed by atoms with Crippen molar-refractivity contribution >= 4 is 11.8 Å². The quantitative estimate of drug-likeness (QED) is 0.703. The molecule has 2 N–H and O–H groups in total. The molecule has 1 fully saturated rings. The predicted molar refractivity (Wildman–Crippen MR) is 118 cm³/mol. The Labute approximate surface area is 178 Å². The summed E-state index contributed by atoms with van der Waals surface area (Å²) in [5, 5.41) is 5.69. The van der Waals surface area contributed by atoms with Crippen LogP contribution in [0.4, 0.5) is 0 Å². The molecule has 1 saturated heterocycles. The lowest BCUT2D eigenvalue weighted by molar-refractivity contribution is -0.120. The van der Waals surface area contributed by atoms with Crippen molar-refractivity contribution in [1.82, 2.24) is 15.5 Å². The van der Waals surface area contributed by atoms with E-state index in [2.05, 4.69) is 27.7 Å². The number of likely N-dealkylation sites (tertiary alicyclic amines) is 1. The second-order valence-electron chi connectivity index (χ2n) is 7.74. The van der Waals surface area contributed by atoms with Crippen LogP contribution in [-0.4, -0.2) is 50.0 Å². The smallest absolute Gasteiger partial charge is 0.251 e. The van der Waals surface area contributed by atoms with Gasteiger partial charge >= 0.3 is 0 Å². The van der Waals surface area contributed by atoms with Crippen LogP contribution in [0.1, 0.15) is 46.8 Å². The molecule has 0 saturated carbocycles. The highest BCUT2D eigenvalue weighted by Crippen LogP contribution is 2.25. The maximum Gasteiger partial charge on any atom is 0.251 e. The number of piperidine rings is 1. The molecule has 30 heavy (non-hydrogen) atoms. The van der Waals surface area contributed by atoms with Gasteiger partial charge in [0.15, 0.2) is 0 Å². The first kappa shape index (κ1) is 21.8. The number of methoxy groups -OCH3 is 1. The van der Waals surface area contributed by atoms with Gasteiger partial charge in [0.25, 0.3) is 5.91 Å². The first-order chi connectivity index (χ1) is 14.6. The number of carbonyl (C=O) groups excluding carboxylic acids is 2. The molecule has 6 nitrogen and oxygen atoms in total. The molecule has 0 spiro atoms. The molecule has 0 aromatic heterocycles. The van der Waals surface area contributed by atoms with Gasteiger partial charge in [-0.3, -0.25) is 14.5 Å². The number of aryl methyl sites for hydroxylation is 1. The van der Waals surface area contributed by atoms with E-state index in [0.717, 1.165) is 30.0 Å². The Hall–Kier alpha value is -2.86. The van der Waals surface area contributed by atoms with E-state index in [9.17, 15) is 9.59 Å². The van der Waals surface area contributed by atoms with Gasteiger partial charge in [-0.05, 0) is 62.7 Å². The van der Waals surface area contributed by atoms with Crippen LogP contribution >= 0.6 is 0 Å². The van der Waals surface area contributed by atoms with E-state index in [1.54, 1.807) is 19.2 Å². The average molecular weight is 410 g/mol. The Morgan fingerprint density at radius 2 is 1.63 bits per heavy atom. The maximum absolute atomic E-state index is 12.4. The number of hydrogen-bond acceptors (Lipinski definition) is 4. The molecule has 2 aromatic rings. The second-order valence-corrected chi connectivity index (χ2v) is 7.74. The summed E-state index contributed by atoms with van der Waals surface area (Å²) in [5.41, 5.74) is 2.80. The minimum atomic E-state index is -0.243. The second kappa shape index (κ2) is 10.8. The summed E-state index contributed by atoms with van der Waals surface area (Å²) in [5.74, 6) is 0.387. The molecule has 2 aromatic carbocycles. The van der Waals surface area contributed by atoms with E-state index >= 15 is 0 Å². The van der Waals surface area contributed by atoms with E-state index in [4.69, 9.17) is 4.74 Å². The van der Waals surface area contributed by atoms with Crippen molar-refractivity contribution in [1.29, 1.82) is 0 Å². The zero-order chi connectivity index (χ0) is 21.3. The fourth-order valence-electron chi connectivity index (χ4n) is 3.75. The number of nitrogens with one attached hydrogen (secondary N) is 2. The van der Waals surface area contributed by atoms with Crippen molar-refractivity contribution in [2.24, 2.45) is 0 Å². The highest BCUT2D eigenvalue weighted by molar-refractivity contribution is 5.96. The number of benzene rings is 2. The van der Waals surface area contributed by atoms with Gasteiger partial charge in [-0.25, -0.2) is 0 Å². The fourth-order valence-corrected chi connectivity index (χ4v) is 3.75. The third-order valence-corrected chi connectivity index (χ3v) is 5.55. The lowest BCUT2D eigenvalue weighted by Crippen LogP contribution is -2.43. The Kier molecular flexibility index (Phi) is 7.85. The zero-order valence-corrected chi connectivity index (χ0v) is 17.8. The number of amides is 2. The summed E-state index contributed by atoms with van der Waals surface area (Å²) in [6.45, 7) is 4.48. The zero-order valence-electron chi connectivity index (χ0n) is 17.8. The minimum Gasteiger partial charge on any atom is -0.497 e. The molecule has 0 radical (unpaired) electrons. The Morgan fingerprint density at radius 1 is 0.967 bits per heavy atom. The SMILES string of the molecule is COc1ccc(C(CNC(=O)CNC(=O)c2ccc(C)cc2)N2CCCCC2)cc1. The molecule has 160 valence electrons. The first-order valence-electron chi connectivity index (χ1n) is 10.6. The number of hydrogen-bond donors (Lipinski definition) is 2. The highest BCUT2D eigenvalue weighted by atomic mass is 16.5. The van der Waals surface area contributed by atoms with Crippen LogP contribution in [0.5, 0.6) is 5.75 Å². The van der Waals surface area contributed by atoms with Crippen LogP contribution in [0.15, 0.2) is 48.5 Å². The third-order valence-electron chi connectivity index (χ3n) is 5.55. The number of nitrogens with zero attached hydrogens (tertiary/aromatic N) is 1. The lowest BCUT2D eigenvalue weighted by atomic mass is 10.0. The maximum atomic E-state index is 12.4. The molecule has 1 atom stereocenters. The van der Waals surface area contributed by atoms with Crippen LogP contribution in [-0.2, 0) is 4.79 Å². The molecule has 2 amide bonds. The van der Waals surface area contributed by atoms with Gasteiger partial charge in [0.1, 0.15) is 5.75 Å². The molecule has 0 aliphatic carbocycles. The Balaban J connectivity index is 1.56. The minimum absolute atomic E-state index is 0.0396. The van der Waals surface area contributed by atoms with E-state index in [0.29, 0.717) is 12.1 Å². The van der Waals surface area contributed by atoms with Gasteiger partial charge in [0, 0.05) is 12.1 Å². The van der Waals surface area contributed by atoms with Gasteiger partial charge in [-0.15, -0.1) is 0 Å². The fraction of sp³-hybridized carbons (Fsp3) is 0.417. The molecule has 1 aliphatic heterocycles. The van der Waals surface area contributed by atoms with Gasteiger partial charge in [0.2, 0.25) is 5.91 Å². The summed E-state index contributed by atoms with van der Waals surface area (Å²) in [4.78, 5) is 27.0. The molecule has 1 unspecified atom stereocenters.